The zero-order chi connectivity index (χ0) is 19.4. The van der Waals surface area contributed by atoms with E-state index < -0.39 is 6.10 Å². The Morgan fingerprint density at radius 1 is 1.27 bits per heavy atom. The molecule has 6 nitrogen and oxygen atoms in total. The molecule has 1 unspecified atom stereocenters. The van der Waals surface area contributed by atoms with E-state index in [9.17, 15) is 9.90 Å². The van der Waals surface area contributed by atoms with Gasteiger partial charge in [0.15, 0.2) is 0 Å². The lowest BCUT2D eigenvalue weighted by Gasteiger charge is -2.22. The first-order chi connectivity index (χ1) is 12.3. The van der Waals surface area contributed by atoms with Gasteiger partial charge in [-0.15, -0.1) is 0 Å². The van der Waals surface area contributed by atoms with Gasteiger partial charge in [0, 0.05) is 18.6 Å². The number of carbonyl (C=O) groups is 1. The van der Waals surface area contributed by atoms with Crippen LogP contribution in [0.4, 0.5) is 0 Å². The molecule has 1 amide bonds. The third kappa shape index (κ3) is 10.7. The van der Waals surface area contributed by atoms with Crippen LogP contribution in [-0.2, 0) is 0 Å². The molecule has 1 heterocycles. The molecule has 0 radical (unpaired) electrons. The largest absolute Gasteiger partial charge is 0.467 e. The minimum Gasteiger partial charge on any atom is -0.467 e. The molecule has 3 N–H and O–H groups in total. The third-order valence-corrected chi connectivity index (χ3v) is 4.70. The first-order valence-electron chi connectivity index (χ1n) is 9.61. The molecule has 1 aromatic rings. The average molecular weight is 386 g/mol. The Labute approximate surface area is 161 Å². The summed E-state index contributed by atoms with van der Waals surface area (Å²) < 4.78 is 5.48. The molecule has 7 heteroatoms. The maximum atomic E-state index is 12.1. The summed E-state index contributed by atoms with van der Waals surface area (Å²) in [6.45, 7) is 9.61. The van der Waals surface area contributed by atoms with Crippen LogP contribution in [0, 0.1) is 0 Å². The standard InChI is InChI=1S/C19H35N3O3S/c1-5-6-7-8-9-10-11-20-17(24)16-13-21-18(26-16)25-14-15(23)12-22-19(2,3)4/h13,15,22-23H,5-12,14H2,1-4H3,(H,20,24). The van der Waals surface area contributed by atoms with Crippen molar-refractivity contribution >= 4 is 17.2 Å². The number of amides is 1. The number of aromatic nitrogens is 1. The number of β-amino-alcohol motifs (C(OH)–C–C–N with tert-alkyl or cyclic N) is 1. The Morgan fingerprint density at radius 2 is 1.96 bits per heavy atom. The van der Waals surface area contributed by atoms with Crippen molar-refractivity contribution in [1.82, 2.24) is 15.6 Å². The van der Waals surface area contributed by atoms with Crippen molar-refractivity contribution in [3.05, 3.63) is 11.1 Å². The Bertz CT molecular complexity index is 514. The van der Waals surface area contributed by atoms with Gasteiger partial charge in [0.2, 0.25) is 0 Å². The van der Waals surface area contributed by atoms with E-state index in [1.807, 2.05) is 20.8 Å². The molecule has 0 bridgehead atoms. The van der Waals surface area contributed by atoms with Gasteiger partial charge >= 0.3 is 0 Å². The number of nitrogens with zero attached hydrogens (tertiary/aromatic N) is 1. The zero-order valence-corrected chi connectivity index (χ0v) is 17.5. The first kappa shape index (κ1) is 22.9. The topological polar surface area (TPSA) is 83.5 Å². The van der Waals surface area contributed by atoms with Gasteiger partial charge in [-0.2, -0.15) is 0 Å². The molecule has 0 aliphatic heterocycles. The Kier molecular flexibility index (Phi) is 10.8. The number of thiazole rings is 1. The van der Waals surface area contributed by atoms with Crippen molar-refractivity contribution in [2.24, 2.45) is 0 Å². The van der Waals surface area contributed by atoms with Crippen LogP contribution < -0.4 is 15.4 Å². The Morgan fingerprint density at radius 3 is 2.65 bits per heavy atom. The summed E-state index contributed by atoms with van der Waals surface area (Å²) in [5, 5.41) is 16.5. The quantitative estimate of drug-likeness (QED) is 0.454. The number of aliphatic hydroxyl groups excluding tert-OH is 1. The number of hydrogen-bond donors (Lipinski definition) is 3. The monoisotopic (exact) mass is 385 g/mol. The summed E-state index contributed by atoms with van der Waals surface area (Å²) in [6, 6.07) is 0. The number of hydrogen-bond acceptors (Lipinski definition) is 6. The van der Waals surface area contributed by atoms with Crippen LogP contribution in [0.15, 0.2) is 6.20 Å². The van der Waals surface area contributed by atoms with Crippen molar-refractivity contribution in [3.8, 4) is 5.19 Å². The van der Waals surface area contributed by atoms with Gasteiger partial charge in [-0.25, -0.2) is 4.98 Å². The zero-order valence-electron chi connectivity index (χ0n) is 16.6. The van der Waals surface area contributed by atoms with Gasteiger partial charge in [-0.3, -0.25) is 4.79 Å². The average Bonchev–Trinajstić information content (AvgIpc) is 3.05. The summed E-state index contributed by atoms with van der Waals surface area (Å²) in [4.78, 5) is 16.7. The molecule has 1 rings (SSSR count). The van der Waals surface area contributed by atoms with E-state index in [0.717, 1.165) is 12.8 Å². The summed E-state index contributed by atoms with van der Waals surface area (Å²) >= 11 is 1.20. The van der Waals surface area contributed by atoms with Gasteiger partial charge in [-0.05, 0) is 27.2 Å². The molecular weight excluding hydrogens is 350 g/mol. The highest BCUT2D eigenvalue weighted by molar-refractivity contribution is 7.15. The second kappa shape index (κ2) is 12.3. The van der Waals surface area contributed by atoms with Crippen molar-refractivity contribution in [1.29, 1.82) is 0 Å². The number of unbranched alkanes of at least 4 members (excludes halogenated alkanes) is 5. The van der Waals surface area contributed by atoms with Gasteiger partial charge in [-0.1, -0.05) is 50.4 Å². The van der Waals surface area contributed by atoms with Crippen molar-refractivity contribution in [2.75, 3.05) is 19.7 Å². The molecule has 0 spiro atoms. The van der Waals surface area contributed by atoms with Crippen LogP contribution in [0.3, 0.4) is 0 Å². The molecule has 26 heavy (non-hydrogen) atoms. The summed E-state index contributed by atoms with van der Waals surface area (Å²) in [6.07, 6.45) is 8.10. The van der Waals surface area contributed by atoms with Crippen LogP contribution >= 0.6 is 11.3 Å². The van der Waals surface area contributed by atoms with Gasteiger partial charge in [0.05, 0.1) is 6.20 Å². The highest BCUT2D eigenvalue weighted by Crippen LogP contribution is 2.20. The number of rotatable bonds is 13. The van der Waals surface area contributed by atoms with Crippen molar-refractivity contribution in [3.63, 3.8) is 0 Å². The molecule has 150 valence electrons. The van der Waals surface area contributed by atoms with E-state index in [1.165, 1.54) is 43.2 Å². The van der Waals surface area contributed by atoms with Crippen LogP contribution in [-0.4, -0.2) is 47.3 Å². The van der Waals surface area contributed by atoms with Crippen LogP contribution in [0.25, 0.3) is 0 Å². The van der Waals surface area contributed by atoms with E-state index in [1.54, 1.807) is 0 Å². The van der Waals surface area contributed by atoms with E-state index >= 15 is 0 Å². The lowest BCUT2D eigenvalue weighted by molar-refractivity contribution is 0.0956. The molecular formula is C19H35N3O3S. The highest BCUT2D eigenvalue weighted by Gasteiger charge is 2.15. The molecule has 0 saturated carbocycles. The van der Waals surface area contributed by atoms with Crippen LogP contribution in [0.1, 0.15) is 75.9 Å². The summed E-state index contributed by atoms with van der Waals surface area (Å²) in [7, 11) is 0. The summed E-state index contributed by atoms with van der Waals surface area (Å²) in [5.74, 6) is -0.110. The van der Waals surface area contributed by atoms with E-state index in [-0.39, 0.29) is 18.1 Å². The Balaban J connectivity index is 2.21. The minimum absolute atomic E-state index is 0.0522. The molecule has 0 fully saturated rings. The van der Waals surface area contributed by atoms with Gasteiger partial charge in [0.25, 0.3) is 11.1 Å². The SMILES string of the molecule is CCCCCCCCNC(=O)c1cnc(OCC(O)CNC(C)(C)C)s1. The smallest absolute Gasteiger partial charge is 0.273 e. The van der Waals surface area contributed by atoms with Crippen LogP contribution in [0.5, 0.6) is 5.19 Å². The summed E-state index contributed by atoms with van der Waals surface area (Å²) in [5.41, 5.74) is -0.0522. The fourth-order valence-corrected chi connectivity index (χ4v) is 2.97. The minimum atomic E-state index is -0.622. The number of ether oxygens (including phenoxy) is 1. The fraction of sp³-hybridized carbons (Fsp3) is 0.789. The van der Waals surface area contributed by atoms with E-state index in [4.69, 9.17) is 4.74 Å². The molecule has 1 atom stereocenters. The number of carbonyl (C=O) groups excluding carboxylic acids is 1. The molecule has 1 aromatic heterocycles. The third-order valence-electron chi connectivity index (χ3n) is 3.79. The molecule has 0 aromatic carbocycles. The highest BCUT2D eigenvalue weighted by atomic mass is 32.1. The first-order valence-corrected chi connectivity index (χ1v) is 10.4. The van der Waals surface area contributed by atoms with Gasteiger partial charge < -0.3 is 20.5 Å². The van der Waals surface area contributed by atoms with Gasteiger partial charge in [0.1, 0.15) is 17.6 Å². The van der Waals surface area contributed by atoms with E-state index in [2.05, 4.69) is 22.5 Å². The normalized spacial score (nSPS) is 12.8. The predicted octanol–water partition coefficient (Wildman–Crippen LogP) is 3.36. The maximum absolute atomic E-state index is 12.1. The molecule has 0 aliphatic carbocycles. The fourth-order valence-electron chi connectivity index (χ4n) is 2.27. The van der Waals surface area contributed by atoms with Crippen molar-refractivity contribution < 1.29 is 14.6 Å². The Hall–Kier alpha value is -1.18. The lowest BCUT2D eigenvalue weighted by atomic mass is 10.1. The maximum Gasteiger partial charge on any atom is 0.273 e. The van der Waals surface area contributed by atoms with Crippen LogP contribution in [0.2, 0.25) is 0 Å². The van der Waals surface area contributed by atoms with Crippen molar-refractivity contribution in [2.45, 2.75) is 77.9 Å². The molecule has 0 saturated heterocycles. The second-order valence-electron chi connectivity index (χ2n) is 7.61. The number of nitrogens with one attached hydrogen (secondary N) is 2. The number of aliphatic hydroxyl groups is 1. The van der Waals surface area contributed by atoms with E-state index in [0.29, 0.717) is 23.2 Å². The molecule has 0 aliphatic rings. The predicted molar refractivity (Wildman–Crippen MR) is 107 cm³/mol. The second-order valence-corrected chi connectivity index (χ2v) is 8.60. The lowest BCUT2D eigenvalue weighted by Crippen LogP contribution is -2.42.